The highest BCUT2D eigenvalue weighted by molar-refractivity contribution is 5.45. The lowest BCUT2D eigenvalue weighted by atomic mass is 9.99. The zero-order chi connectivity index (χ0) is 13.8. The smallest absolute Gasteiger partial charge is 0.126 e. The minimum absolute atomic E-state index is 0.0216. The highest BCUT2D eigenvalue weighted by Crippen LogP contribution is 2.29. The molecule has 1 saturated heterocycles. The molecule has 1 atom stereocenters. The second-order valence-corrected chi connectivity index (χ2v) is 5.22. The van der Waals surface area contributed by atoms with Crippen LogP contribution in [-0.2, 0) is 4.74 Å². The second-order valence-electron chi connectivity index (χ2n) is 5.22. The predicted octanol–water partition coefficient (Wildman–Crippen LogP) is 1.64. The van der Waals surface area contributed by atoms with E-state index in [4.69, 9.17) is 15.2 Å². The van der Waals surface area contributed by atoms with E-state index in [1.54, 1.807) is 7.11 Å². The Bertz CT molecular complexity index is 428. The van der Waals surface area contributed by atoms with Crippen LogP contribution < -0.4 is 10.5 Å². The maximum atomic E-state index is 6.38. The van der Waals surface area contributed by atoms with Crippen molar-refractivity contribution in [2.24, 2.45) is 5.73 Å². The zero-order valence-electron chi connectivity index (χ0n) is 12.1. The van der Waals surface area contributed by atoms with Gasteiger partial charge in [-0.15, -0.1) is 0 Å². The first-order valence-corrected chi connectivity index (χ1v) is 6.82. The fraction of sp³-hybridized carbons (Fsp3) is 0.600. The van der Waals surface area contributed by atoms with Crippen molar-refractivity contribution in [3.05, 3.63) is 28.8 Å². The molecule has 0 amide bonds. The number of aryl methyl sites for hydroxylation is 2. The highest BCUT2D eigenvalue weighted by atomic mass is 16.5. The van der Waals surface area contributed by atoms with Crippen molar-refractivity contribution in [3.8, 4) is 5.75 Å². The first-order chi connectivity index (χ1) is 9.11. The molecular formula is C15H24N2O2. The van der Waals surface area contributed by atoms with Gasteiger partial charge in [0.15, 0.2) is 0 Å². The third-order valence-electron chi connectivity index (χ3n) is 3.61. The lowest BCUT2D eigenvalue weighted by molar-refractivity contribution is 0.0351. The highest BCUT2D eigenvalue weighted by Gasteiger charge is 2.19. The van der Waals surface area contributed by atoms with Gasteiger partial charge in [-0.3, -0.25) is 4.90 Å². The van der Waals surface area contributed by atoms with Crippen molar-refractivity contribution >= 4 is 0 Å². The van der Waals surface area contributed by atoms with Crippen molar-refractivity contribution in [2.45, 2.75) is 19.9 Å². The lowest BCUT2D eigenvalue weighted by Gasteiger charge is -2.30. The summed E-state index contributed by atoms with van der Waals surface area (Å²) in [7, 11) is 1.71. The first-order valence-electron chi connectivity index (χ1n) is 6.82. The van der Waals surface area contributed by atoms with Crippen LogP contribution in [0, 0.1) is 13.8 Å². The first kappa shape index (κ1) is 14.3. The van der Waals surface area contributed by atoms with Crippen LogP contribution in [0.2, 0.25) is 0 Å². The molecule has 2 N–H and O–H groups in total. The molecule has 1 aliphatic heterocycles. The van der Waals surface area contributed by atoms with E-state index in [2.05, 4.69) is 30.9 Å². The Morgan fingerprint density at radius 1 is 1.32 bits per heavy atom. The van der Waals surface area contributed by atoms with Crippen molar-refractivity contribution in [1.82, 2.24) is 4.90 Å². The molecule has 0 radical (unpaired) electrons. The SMILES string of the molecule is COc1c(C)cc(C)cc1C(N)CN1CCOCC1. The van der Waals surface area contributed by atoms with E-state index >= 15 is 0 Å². The number of nitrogens with zero attached hydrogens (tertiary/aromatic N) is 1. The van der Waals surface area contributed by atoms with E-state index in [1.165, 1.54) is 5.56 Å². The largest absolute Gasteiger partial charge is 0.496 e. The summed E-state index contributed by atoms with van der Waals surface area (Å²) in [6, 6.07) is 4.24. The number of methoxy groups -OCH3 is 1. The summed E-state index contributed by atoms with van der Waals surface area (Å²) in [5.41, 5.74) is 9.86. The number of nitrogens with two attached hydrogens (primary N) is 1. The van der Waals surface area contributed by atoms with Gasteiger partial charge in [0.1, 0.15) is 5.75 Å². The third-order valence-corrected chi connectivity index (χ3v) is 3.61. The van der Waals surface area contributed by atoms with Crippen LogP contribution in [0.3, 0.4) is 0 Å². The molecule has 1 aromatic rings. The number of hydrogen-bond donors (Lipinski definition) is 1. The maximum absolute atomic E-state index is 6.38. The average molecular weight is 264 g/mol. The Morgan fingerprint density at radius 3 is 2.63 bits per heavy atom. The van der Waals surface area contributed by atoms with Gasteiger partial charge in [-0.1, -0.05) is 17.7 Å². The number of rotatable bonds is 4. The third kappa shape index (κ3) is 3.47. The summed E-state index contributed by atoms with van der Waals surface area (Å²) in [4.78, 5) is 2.35. The van der Waals surface area contributed by atoms with Crippen molar-refractivity contribution in [1.29, 1.82) is 0 Å². The van der Waals surface area contributed by atoms with E-state index in [0.717, 1.165) is 49.7 Å². The molecule has 0 saturated carbocycles. The van der Waals surface area contributed by atoms with Gasteiger partial charge in [0, 0.05) is 31.2 Å². The summed E-state index contributed by atoms with van der Waals surface area (Å²) in [6.07, 6.45) is 0. The quantitative estimate of drug-likeness (QED) is 0.898. The molecule has 0 aliphatic carbocycles. The second kappa shape index (κ2) is 6.37. The molecule has 4 nitrogen and oxygen atoms in total. The molecule has 106 valence electrons. The van der Waals surface area contributed by atoms with Crippen LogP contribution in [0.4, 0.5) is 0 Å². The molecule has 1 unspecified atom stereocenters. The Kier molecular flexibility index (Phi) is 4.80. The van der Waals surface area contributed by atoms with E-state index in [1.807, 2.05) is 0 Å². The van der Waals surface area contributed by atoms with E-state index in [9.17, 15) is 0 Å². The fourth-order valence-corrected chi connectivity index (χ4v) is 2.70. The molecule has 0 bridgehead atoms. The molecular weight excluding hydrogens is 240 g/mol. The fourth-order valence-electron chi connectivity index (χ4n) is 2.70. The molecule has 0 aromatic heterocycles. The molecule has 1 heterocycles. The van der Waals surface area contributed by atoms with E-state index in [0.29, 0.717) is 0 Å². The Labute approximate surface area is 115 Å². The van der Waals surface area contributed by atoms with Crippen LogP contribution in [0.5, 0.6) is 5.75 Å². The van der Waals surface area contributed by atoms with Gasteiger partial charge >= 0.3 is 0 Å². The molecule has 4 heteroatoms. The van der Waals surface area contributed by atoms with Gasteiger partial charge in [0.2, 0.25) is 0 Å². The van der Waals surface area contributed by atoms with Crippen LogP contribution >= 0.6 is 0 Å². The van der Waals surface area contributed by atoms with Gasteiger partial charge in [0.05, 0.1) is 20.3 Å². The van der Waals surface area contributed by atoms with Crippen molar-refractivity contribution in [2.75, 3.05) is 40.0 Å². The number of ether oxygens (including phenoxy) is 2. The lowest BCUT2D eigenvalue weighted by Crippen LogP contribution is -2.40. The van der Waals surface area contributed by atoms with Gasteiger partial charge in [0.25, 0.3) is 0 Å². The van der Waals surface area contributed by atoms with Crippen LogP contribution in [0.1, 0.15) is 22.7 Å². The Hall–Kier alpha value is -1.10. The molecule has 1 fully saturated rings. The number of morpholine rings is 1. The normalized spacial score (nSPS) is 18.3. The molecule has 0 spiro atoms. The molecule has 1 aliphatic rings. The zero-order valence-corrected chi connectivity index (χ0v) is 12.1. The maximum Gasteiger partial charge on any atom is 0.126 e. The van der Waals surface area contributed by atoms with E-state index in [-0.39, 0.29) is 6.04 Å². The number of benzene rings is 1. The van der Waals surface area contributed by atoms with Crippen molar-refractivity contribution in [3.63, 3.8) is 0 Å². The van der Waals surface area contributed by atoms with Gasteiger partial charge in [-0.25, -0.2) is 0 Å². The topological polar surface area (TPSA) is 47.7 Å². The summed E-state index contributed by atoms with van der Waals surface area (Å²) in [6.45, 7) is 8.53. The monoisotopic (exact) mass is 264 g/mol. The average Bonchev–Trinajstić information content (AvgIpc) is 2.39. The predicted molar refractivity (Wildman–Crippen MR) is 76.7 cm³/mol. The van der Waals surface area contributed by atoms with Crippen molar-refractivity contribution < 1.29 is 9.47 Å². The van der Waals surface area contributed by atoms with E-state index < -0.39 is 0 Å². The van der Waals surface area contributed by atoms with Crippen LogP contribution in [-0.4, -0.2) is 44.9 Å². The molecule has 19 heavy (non-hydrogen) atoms. The van der Waals surface area contributed by atoms with Gasteiger partial charge in [-0.05, 0) is 19.4 Å². The van der Waals surface area contributed by atoms with Gasteiger partial charge in [-0.2, -0.15) is 0 Å². The molecule has 2 rings (SSSR count). The Balaban J connectivity index is 2.15. The minimum Gasteiger partial charge on any atom is -0.496 e. The summed E-state index contributed by atoms with van der Waals surface area (Å²) in [5.74, 6) is 0.923. The summed E-state index contributed by atoms with van der Waals surface area (Å²) in [5, 5.41) is 0. The molecule has 1 aromatic carbocycles. The summed E-state index contributed by atoms with van der Waals surface area (Å²) >= 11 is 0. The van der Waals surface area contributed by atoms with Crippen LogP contribution in [0.15, 0.2) is 12.1 Å². The standard InChI is InChI=1S/C15H24N2O2/c1-11-8-12(2)15(18-3)13(9-11)14(16)10-17-4-6-19-7-5-17/h8-9,14H,4-7,10,16H2,1-3H3. The Morgan fingerprint density at radius 2 is 2.00 bits per heavy atom. The number of hydrogen-bond acceptors (Lipinski definition) is 4. The van der Waals surface area contributed by atoms with Gasteiger partial charge < -0.3 is 15.2 Å². The minimum atomic E-state index is -0.0216. The van der Waals surface area contributed by atoms with Crippen LogP contribution in [0.25, 0.3) is 0 Å². The summed E-state index contributed by atoms with van der Waals surface area (Å²) < 4.78 is 10.9.